The molecule has 1 N–H and O–H groups in total. The van der Waals surface area contributed by atoms with E-state index in [9.17, 15) is 4.79 Å². The number of anilines is 1. The van der Waals surface area contributed by atoms with Gasteiger partial charge in [0.2, 0.25) is 0 Å². The van der Waals surface area contributed by atoms with Gasteiger partial charge in [0.05, 0.1) is 22.2 Å². The molecule has 0 fully saturated rings. The Kier molecular flexibility index (Phi) is 4.33. The van der Waals surface area contributed by atoms with Gasteiger partial charge >= 0.3 is 6.03 Å². The number of urea groups is 1. The Morgan fingerprint density at radius 3 is 2.94 bits per heavy atom. The second kappa shape index (κ2) is 5.97. The van der Waals surface area contributed by atoms with Crippen LogP contribution in [0.5, 0.6) is 0 Å². The van der Waals surface area contributed by atoms with Gasteiger partial charge in [-0.05, 0) is 40.2 Å². The maximum Gasteiger partial charge on any atom is 0.321 e. The maximum atomic E-state index is 11.9. The molecule has 2 heterocycles. The van der Waals surface area contributed by atoms with E-state index in [4.69, 9.17) is 0 Å². The molecule has 0 spiro atoms. The van der Waals surface area contributed by atoms with E-state index in [1.165, 1.54) is 0 Å². The third-order valence-corrected chi connectivity index (χ3v) is 3.89. The highest BCUT2D eigenvalue weighted by Crippen LogP contribution is 2.23. The highest BCUT2D eigenvalue weighted by molar-refractivity contribution is 9.11. The molecule has 0 saturated carbocycles. The van der Waals surface area contributed by atoms with Crippen molar-refractivity contribution in [2.45, 2.75) is 6.54 Å². The lowest BCUT2D eigenvalue weighted by Gasteiger charge is -2.16. The van der Waals surface area contributed by atoms with Crippen LogP contribution in [-0.4, -0.2) is 23.0 Å². The summed E-state index contributed by atoms with van der Waals surface area (Å²) in [6, 6.07) is 7.43. The van der Waals surface area contributed by atoms with Crippen LogP contribution in [0.4, 0.5) is 10.5 Å². The van der Waals surface area contributed by atoms with Crippen molar-refractivity contribution in [1.82, 2.24) is 9.88 Å². The standard InChI is InChI=1S/C12H12BrN3OS/c1-16(8-10-4-5-11(13)18-10)12(17)15-9-3-2-6-14-7-9/h2-7H,8H2,1H3,(H,15,17). The van der Waals surface area contributed by atoms with Gasteiger partial charge in [-0.25, -0.2) is 4.79 Å². The van der Waals surface area contributed by atoms with Crippen LogP contribution >= 0.6 is 27.3 Å². The molecular weight excluding hydrogens is 314 g/mol. The molecule has 2 aromatic heterocycles. The fraction of sp³-hybridized carbons (Fsp3) is 0.167. The monoisotopic (exact) mass is 325 g/mol. The minimum absolute atomic E-state index is 0.146. The summed E-state index contributed by atoms with van der Waals surface area (Å²) in [5.41, 5.74) is 0.696. The number of halogens is 1. The Bertz CT molecular complexity index is 529. The minimum atomic E-state index is -0.146. The summed E-state index contributed by atoms with van der Waals surface area (Å²) in [6.45, 7) is 0.586. The van der Waals surface area contributed by atoms with Crippen LogP contribution in [0.1, 0.15) is 4.88 Å². The number of carbonyl (C=O) groups excluding carboxylic acids is 1. The van der Waals surface area contributed by atoms with Crippen molar-refractivity contribution in [2.24, 2.45) is 0 Å². The average molecular weight is 326 g/mol. The molecule has 0 unspecified atom stereocenters. The van der Waals surface area contributed by atoms with Crippen LogP contribution in [0.3, 0.4) is 0 Å². The predicted molar refractivity (Wildman–Crippen MR) is 76.7 cm³/mol. The zero-order valence-corrected chi connectivity index (χ0v) is 12.2. The topological polar surface area (TPSA) is 45.2 Å². The normalized spacial score (nSPS) is 10.1. The van der Waals surface area contributed by atoms with Gasteiger partial charge in [0, 0.05) is 18.1 Å². The van der Waals surface area contributed by atoms with Crippen LogP contribution in [0, 0.1) is 0 Å². The number of thiophene rings is 1. The summed E-state index contributed by atoms with van der Waals surface area (Å²) in [7, 11) is 1.76. The fourth-order valence-electron chi connectivity index (χ4n) is 1.40. The molecule has 0 radical (unpaired) electrons. The molecule has 0 atom stereocenters. The quantitative estimate of drug-likeness (QED) is 0.937. The van der Waals surface area contributed by atoms with Gasteiger partial charge in [-0.15, -0.1) is 11.3 Å². The second-order valence-electron chi connectivity index (χ2n) is 3.73. The molecule has 2 rings (SSSR count). The fourth-order valence-corrected chi connectivity index (χ4v) is 2.93. The summed E-state index contributed by atoms with van der Waals surface area (Å²) in [6.07, 6.45) is 3.29. The Labute approximate surface area is 118 Å². The lowest BCUT2D eigenvalue weighted by molar-refractivity contribution is 0.221. The van der Waals surface area contributed by atoms with Gasteiger partial charge in [0.25, 0.3) is 0 Å². The minimum Gasteiger partial charge on any atom is -0.322 e. The largest absolute Gasteiger partial charge is 0.322 e. The molecule has 4 nitrogen and oxygen atoms in total. The van der Waals surface area contributed by atoms with Crippen LogP contribution in [-0.2, 0) is 6.54 Å². The Balaban J connectivity index is 1.93. The third-order valence-electron chi connectivity index (χ3n) is 2.28. The summed E-state index contributed by atoms with van der Waals surface area (Å²) < 4.78 is 1.07. The van der Waals surface area contributed by atoms with E-state index in [1.807, 2.05) is 12.1 Å². The molecule has 2 amide bonds. The zero-order valence-electron chi connectivity index (χ0n) is 9.76. The summed E-state index contributed by atoms with van der Waals surface area (Å²) in [4.78, 5) is 18.6. The van der Waals surface area contributed by atoms with Gasteiger partial charge in [0.15, 0.2) is 0 Å². The van der Waals surface area contributed by atoms with E-state index in [0.29, 0.717) is 12.2 Å². The Morgan fingerprint density at radius 2 is 2.33 bits per heavy atom. The van der Waals surface area contributed by atoms with Crippen molar-refractivity contribution in [3.63, 3.8) is 0 Å². The van der Waals surface area contributed by atoms with Crippen LogP contribution < -0.4 is 5.32 Å². The average Bonchev–Trinajstić information content (AvgIpc) is 2.76. The SMILES string of the molecule is CN(Cc1ccc(Br)s1)C(=O)Nc1cccnc1. The molecule has 94 valence electrons. The summed E-state index contributed by atoms with van der Waals surface area (Å²) in [5.74, 6) is 0. The van der Waals surface area contributed by atoms with Crippen molar-refractivity contribution < 1.29 is 4.79 Å². The Hall–Kier alpha value is -1.40. The molecule has 0 aromatic carbocycles. The maximum absolute atomic E-state index is 11.9. The van der Waals surface area contributed by atoms with E-state index in [0.717, 1.165) is 8.66 Å². The molecule has 0 aliphatic carbocycles. The number of aromatic nitrogens is 1. The smallest absolute Gasteiger partial charge is 0.321 e. The van der Waals surface area contributed by atoms with Crippen molar-refractivity contribution >= 4 is 39.0 Å². The number of amides is 2. The second-order valence-corrected chi connectivity index (χ2v) is 6.28. The number of hydrogen-bond donors (Lipinski definition) is 1. The molecule has 0 saturated heterocycles. The Morgan fingerprint density at radius 1 is 1.50 bits per heavy atom. The third kappa shape index (κ3) is 3.54. The molecule has 18 heavy (non-hydrogen) atoms. The first kappa shape index (κ1) is 13.0. The van der Waals surface area contributed by atoms with E-state index in [2.05, 4.69) is 26.2 Å². The molecule has 0 bridgehead atoms. The van der Waals surface area contributed by atoms with E-state index >= 15 is 0 Å². The van der Waals surface area contributed by atoms with Crippen molar-refractivity contribution in [3.8, 4) is 0 Å². The number of pyridine rings is 1. The van der Waals surface area contributed by atoms with Gasteiger partial charge in [-0.1, -0.05) is 0 Å². The van der Waals surface area contributed by atoms with Gasteiger partial charge in [-0.3, -0.25) is 4.98 Å². The number of hydrogen-bond acceptors (Lipinski definition) is 3. The van der Waals surface area contributed by atoms with E-state index in [1.54, 1.807) is 47.8 Å². The number of nitrogens with zero attached hydrogens (tertiary/aromatic N) is 2. The molecule has 6 heteroatoms. The molecular formula is C12H12BrN3OS. The summed E-state index contributed by atoms with van der Waals surface area (Å²) in [5, 5.41) is 2.79. The molecule has 2 aromatic rings. The van der Waals surface area contributed by atoms with Crippen LogP contribution in [0.2, 0.25) is 0 Å². The van der Waals surface area contributed by atoms with Gasteiger partial charge < -0.3 is 10.2 Å². The molecule has 0 aliphatic heterocycles. The predicted octanol–water partition coefficient (Wildman–Crippen LogP) is 3.57. The van der Waals surface area contributed by atoms with Crippen LogP contribution in [0.15, 0.2) is 40.4 Å². The lowest BCUT2D eigenvalue weighted by Crippen LogP contribution is -2.30. The lowest BCUT2D eigenvalue weighted by atomic mass is 10.4. The zero-order chi connectivity index (χ0) is 13.0. The summed E-state index contributed by atoms with van der Waals surface area (Å²) >= 11 is 5.03. The number of rotatable bonds is 3. The first-order valence-electron chi connectivity index (χ1n) is 5.31. The van der Waals surface area contributed by atoms with Crippen molar-refractivity contribution in [3.05, 3.63) is 45.3 Å². The van der Waals surface area contributed by atoms with E-state index < -0.39 is 0 Å². The first-order chi connectivity index (χ1) is 8.65. The molecule has 0 aliphatic rings. The first-order valence-corrected chi connectivity index (χ1v) is 6.92. The van der Waals surface area contributed by atoms with Crippen molar-refractivity contribution in [2.75, 3.05) is 12.4 Å². The highest BCUT2D eigenvalue weighted by atomic mass is 79.9. The number of carbonyl (C=O) groups is 1. The van der Waals surface area contributed by atoms with Gasteiger partial charge in [-0.2, -0.15) is 0 Å². The number of nitrogens with one attached hydrogen (secondary N) is 1. The van der Waals surface area contributed by atoms with Crippen molar-refractivity contribution in [1.29, 1.82) is 0 Å². The van der Waals surface area contributed by atoms with Gasteiger partial charge in [0.1, 0.15) is 0 Å². The highest BCUT2D eigenvalue weighted by Gasteiger charge is 2.10. The van der Waals surface area contributed by atoms with Crippen LogP contribution in [0.25, 0.3) is 0 Å². The van der Waals surface area contributed by atoms with E-state index in [-0.39, 0.29) is 6.03 Å².